The van der Waals surface area contributed by atoms with Crippen molar-refractivity contribution in [1.82, 2.24) is 0 Å². The van der Waals surface area contributed by atoms with Gasteiger partial charge in [0.2, 0.25) is 0 Å². The molecule has 0 heterocycles. The van der Waals surface area contributed by atoms with Crippen LogP contribution in [-0.2, 0) is 0 Å². The Labute approximate surface area is 54.8 Å². The largest absolute Gasteiger partial charge is 0.390 e. The van der Waals surface area contributed by atoms with E-state index in [0.29, 0.717) is 6.42 Å². The highest BCUT2D eigenvalue weighted by molar-refractivity contribution is 5.08. The summed E-state index contributed by atoms with van der Waals surface area (Å²) >= 11 is 0. The second-order valence-corrected chi connectivity index (χ2v) is 2.61. The fourth-order valence-electron chi connectivity index (χ4n) is 1.03. The molecule has 0 saturated carbocycles. The third-order valence-electron chi connectivity index (χ3n) is 1.68. The molecular formula is C7H12O2. The van der Waals surface area contributed by atoms with Crippen molar-refractivity contribution in [1.29, 1.82) is 0 Å². The maximum atomic E-state index is 9.02. The molecule has 0 unspecified atom stereocenters. The van der Waals surface area contributed by atoms with E-state index < -0.39 is 12.2 Å². The van der Waals surface area contributed by atoms with Gasteiger partial charge >= 0.3 is 0 Å². The summed E-state index contributed by atoms with van der Waals surface area (Å²) in [5, 5.41) is 18.0. The number of allylic oxidation sites excluding steroid dienone is 1. The van der Waals surface area contributed by atoms with Gasteiger partial charge in [0, 0.05) is 0 Å². The third-order valence-corrected chi connectivity index (χ3v) is 1.68. The van der Waals surface area contributed by atoms with Crippen LogP contribution in [0.15, 0.2) is 11.6 Å². The first-order chi connectivity index (χ1) is 4.20. The van der Waals surface area contributed by atoms with Crippen LogP contribution in [0.5, 0.6) is 0 Å². The Morgan fingerprint density at radius 1 is 1.56 bits per heavy atom. The molecular weight excluding hydrogens is 116 g/mol. The highest BCUT2D eigenvalue weighted by Gasteiger charge is 2.17. The first-order valence-electron chi connectivity index (χ1n) is 3.23. The van der Waals surface area contributed by atoms with Gasteiger partial charge in [-0.15, -0.1) is 0 Å². The van der Waals surface area contributed by atoms with Gasteiger partial charge in [-0.1, -0.05) is 11.6 Å². The molecule has 0 saturated heterocycles. The quantitative estimate of drug-likeness (QED) is 0.465. The predicted molar refractivity (Wildman–Crippen MR) is 35.0 cm³/mol. The number of aliphatic hydroxyl groups is 2. The average molecular weight is 128 g/mol. The fraction of sp³-hybridized carbons (Fsp3) is 0.714. The number of hydrogen-bond donors (Lipinski definition) is 2. The zero-order valence-corrected chi connectivity index (χ0v) is 5.54. The zero-order valence-electron chi connectivity index (χ0n) is 5.54. The van der Waals surface area contributed by atoms with Gasteiger partial charge in [0.1, 0.15) is 0 Å². The van der Waals surface area contributed by atoms with Crippen molar-refractivity contribution in [3.8, 4) is 0 Å². The molecule has 1 aliphatic carbocycles. The lowest BCUT2D eigenvalue weighted by molar-refractivity contribution is 0.0373. The van der Waals surface area contributed by atoms with E-state index in [4.69, 9.17) is 10.2 Å². The smallest absolute Gasteiger partial charge is 0.0982 e. The summed E-state index contributed by atoms with van der Waals surface area (Å²) in [6.45, 7) is 1.97. The summed E-state index contributed by atoms with van der Waals surface area (Å²) in [5.74, 6) is 0. The van der Waals surface area contributed by atoms with Crippen LogP contribution in [0.25, 0.3) is 0 Å². The summed E-state index contributed by atoms with van der Waals surface area (Å²) in [6, 6.07) is 0. The molecule has 0 amide bonds. The minimum Gasteiger partial charge on any atom is -0.390 e. The van der Waals surface area contributed by atoms with E-state index >= 15 is 0 Å². The molecule has 0 spiro atoms. The lowest BCUT2D eigenvalue weighted by atomic mass is 9.96. The van der Waals surface area contributed by atoms with Crippen LogP contribution < -0.4 is 0 Å². The van der Waals surface area contributed by atoms with Crippen molar-refractivity contribution >= 4 is 0 Å². The number of rotatable bonds is 0. The van der Waals surface area contributed by atoms with Crippen LogP contribution >= 0.6 is 0 Å². The van der Waals surface area contributed by atoms with E-state index in [1.54, 1.807) is 6.08 Å². The van der Waals surface area contributed by atoms with Crippen molar-refractivity contribution in [2.24, 2.45) is 0 Å². The van der Waals surface area contributed by atoms with Crippen LogP contribution in [0.1, 0.15) is 19.8 Å². The first kappa shape index (κ1) is 6.78. The van der Waals surface area contributed by atoms with E-state index in [1.807, 2.05) is 6.92 Å². The topological polar surface area (TPSA) is 40.5 Å². The van der Waals surface area contributed by atoms with Crippen molar-refractivity contribution in [2.75, 3.05) is 0 Å². The first-order valence-corrected chi connectivity index (χ1v) is 3.23. The summed E-state index contributed by atoms with van der Waals surface area (Å²) in [5.41, 5.74) is 1.17. The van der Waals surface area contributed by atoms with E-state index in [2.05, 4.69) is 0 Å². The van der Waals surface area contributed by atoms with E-state index in [1.165, 1.54) is 5.57 Å². The monoisotopic (exact) mass is 128 g/mol. The van der Waals surface area contributed by atoms with Crippen molar-refractivity contribution in [3.05, 3.63) is 11.6 Å². The Morgan fingerprint density at radius 2 is 2.22 bits per heavy atom. The third kappa shape index (κ3) is 1.53. The van der Waals surface area contributed by atoms with E-state index in [9.17, 15) is 0 Å². The number of aliphatic hydroxyl groups excluding tert-OH is 2. The summed E-state index contributed by atoms with van der Waals surface area (Å²) in [7, 11) is 0. The Hall–Kier alpha value is -0.340. The average Bonchev–Trinajstić information content (AvgIpc) is 1.80. The van der Waals surface area contributed by atoms with E-state index in [-0.39, 0.29) is 0 Å². The van der Waals surface area contributed by atoms with Crippen LogP contribution in [-0.4, -0.2) is 22.4 Å². The molecule has 2 atom stereocenters. The van der Waals surface area contributed by atoms with Crippen molar-refractivity contribution in [2.45, 2.75) is 32.0 Å². The highest BCUT2D eigenvalue weighted by Crippen LogP contribution is 2.17. The Morgan fingerprint density at radius 3 is 2.67 bits per heavy atom. The van der Waals surface area contributed by atoms with Gasteiger partial charge in [-0.25, -0.2) is 0 Å². The minimum absolute atomic E-state index is 0.534. The molecule has 2 N–H and O–H groups in total. The molecule has 0 aromatic rings. The highest BCUT2D eigenvalue weighted by atomic mass is 16.3. The molecule has 1 aliphatic rings. The predicted octanol–water partition coefficient (Wildman–Crippen LogP) is 0.448. The van der Waals surface area contributed by atoms with Gasteiger partial charge in [-0.2, -0.15) is 0 Å². The lowest BCUT2D eigenvalue weighted by Gasteiger charge is -2.20. The van der Waals surface area contributed by atoms with E-state index in [0.717, 1.165) is 6.42 Å². The molecule has 0 radical (unpaired) electrons. The normalized spacial score (nSPS) is 36.1. The molecule has 2 nitrogen and oxygen atoms in total. The molecule has 2 heteroatoms. The molecule has 0 aromatic carbocycles. The van der Waals surface area contributed by atoms with Crippen LogP contribution in [0.3, 0.4) is 0 Å². The molecule has 1 rings (SSSR count). The van der Waals surface area contributed by atoms with Gasteiger partial charge in [0.15, 0.2) is 0 Å². The second kappa shape index (κ2) is 2.50. The van der Waals surface area contributed by atoms with Gasteiger partial charge in [0.25, 0.3) is 0 Å². The summed E-state index contributed by atoms with van der Waals surface area (Å²) in [4.78, 5) is 0. The van der Waals surface area contributed by atoms with Crippen molar-refractivity contribution < 1.29 is 10.2 Å². The van der Waals surface area contributed by atoms with Gasteiger partial charge in [-0.05, 0) is 19.8 Å². The summed E-state index contributed by atoms with van der Waals surface area (Å²) in [6.07, 6.45) is 2.17. The van der Waals surface area contributed by atoms with Gasteiger partial charge in [-0.3, -0.25) is 0 Å². The summed E-state index contributed by atoms with van der Waals surface area (Å²) < 4.78 is 0. The lowest BCUT2D eigenvalue weighted by Crippen LogP contribution is -2.26. The molecule has 0 aromatic heterocycles. The SMILES string of the molecule is CC1=C[C@H](O)[C@H](O)CC1. The maximum Gasteiger partial charge on any atom is 0.0982 e. The van der Waals surface area contributed by atoms with Crippen LogP contribution in [0.4, 0.5) is 0 Å². The standard InChI is InChI=1S/C7H12O2/c1-5-2-3-6(8)7(9)4-5/h4,6-9H,2-3H2,1H3/t6-,7+/m1/s1. The second-order valence-electron chi connectivity index (χ2n) is 2.61. The van der Waals surface area contributed by atoms with Crippen LogP contribution in [0, 0.1) is 0 Å². The van der Waals surface area contributed by atoms with Crippen LogP contribution in [0.2, 0.25) is 0 Å². The molecule has 0 fully saturated rings. The Balaban J connectivity index is 2.58. The zero-order chi connectivity index (χ0) is 6.85. The van der Waals surface area contributed by atoms with Gasteiger partial charge in [0.05, 0.1) is 12.2 Å². The minimum atomic E-state index is -0.626. The maximum absolute atomic E-state index is 9.02. The Kier molecular flexibility index (Phi) is 1.88. The Bertz CT molecular complexity index is 129. The fourth-order valence-corrected chi connectivity index (χ4v) is 1.03. The molecule has 9 heavy (non-hydrogen) atoms. The van der Waals surface area contributed by atoms with Gasteiger partial charge < -0.3 is 10.2 Å². The van der Waals surface area contributed by atoms with Crippen molar-refractivity contribution in [3.63, 3.8) is 0 Å². The molecule has 52 valence electrons. The molecule has 0 bridgehead atoms. The number of hydrogen-bond acceptors (Lipinski definition) is 2. The molecule has 0 aliphatic heterocycles.